The van der Waals surface area contributed by atoms with E-state index in [1.165, 1.54) is 18.2 Å². The fraction of sp³-hybridized carbons (Fsp3) is 0.533. The minimum absolute atomic E-state index is 0.139. The molecule has 1 atom stereocenters. The number of hydrogen-bond acceptors (Lipinski definition) is 2. The number of rotatable bonds is 7. The van der Waals surface area contributed by atoms with Crippen molar-refractivity contribution in [2.75, 3.05) is 5.73 Å². The zero-order valence-electron chi connectivity index (χ0n) is 11.7. The molecule has 0 spiro atoms. The predicted octanol–water partition coefficient (Wildman–Crippen LogP) is 3.50. The smallest absolute Gasteiger partial charge is 0.253 e. The number of halogens is 1. The second-order valence-electron chi connectivity index (χ2n) is 4.83. The van der Waals surface area contributed by atoms with Gasteiger partial charge in [0, 0.05) is 11.7 Å². The molecule has 0 saturated heterocycles. The molecule has 1 amide bonds. The van der Waals surface area contributed by atoms with Crippen LogP contribution in [0, 0.1) is 5.82 Å². The van der Waals surface area contributed by atoms with Crippen molar-refractivity contribution >= 4 is 11.6 Å². The van der Waals surface area contributed by atoms with Crippen LogP contribution in [-0.2, 0) is 0 Å². The van der Waals surface area contributed by atoms with Crippen molar-refractivity contribution in [3.8, 4) is 0 Å². The van der Waals surface area contributed by atoms with Crippen LogP contribution >= 0.6 is 0 Å². The first-order valence-corrected chi connectivity index (χ1v) is 6.94. The second kappa shape index (κ2) is 7.77. The van der Waals surface area contributed by atoms with Crippen LogP contribution in [0.15, 0.2) is 18.2 Å². The Kier molecular flexibility index (Phi) is 6.33. The quantitative estimate of drug-likeness (QED) is 0.742. The molecule has 1 rings (SSSR count). The number of carbonyl (C=O) groups is 1. The summed E-state index contributed by atoms with van der Waals surface area (Å²) in [4.78, 5) is 12.1. The largest absolute Gasteiger partial charge is 0.398 e. The van der Waals surface area contributed by atoms with Crippen molar-refractivity contribution < 1.29 is 9.18 Å². The van der Waals surface area contributed by atoms with E-state index >= 15 is 0 Å². The van der Waals surface area contributed by atoms with Crippen LogP contribution in [0.1, 0.15) is 56.3 Å². The number of amides is 1. The minimum Gasteiger partial charge on any atom is -0.398 e. The van der Waals surface area contributed by atoms with Crippen LogP contribution in [0.2, 0.25) is 0 Å². The zero-order chi connectivity index (χ0) is 14.3. The highest BCUT2D eigenvalue weighted by atomic mass is 19.1. The normalized spacial score (nSPS) is 12.2. The van der Waals surface area contributed by atoms with E-state index < -0.39 is 5.82 Å². The summed E-state index contributed by atoms with van der Waals surface area (Å²) in [5.74, 6) is -0.730. The molecule has 0 aromatic heterocycles. The molecule has 1 aromatic rings. The number of unbranched alkanes of at least 4 members (excludes halogenated alkanes) is 1. The van der Waals surface area contributed by atoms with Gasteiger partial charge in [-0.3, -0.25) is 4.79 Å². The molecule has 0 aliphatic carbocycles. The van der Waals surface area contributed by atoms with Gasteiger partial charge in [0.05, 0.1) is 5.56 Å². The highest BCUT2D eigenvalue weighted by molar-refractivity contribution is 5.99. The molecule has 1 aromatic carbocycles. The summed E-state index contributed by atoms with van der Waals surface area (Å²) in [6.45, 7) is 4.21. The second-order valence-corrected chi connectivity index (χ2v) is 4.83. The molecule has 3 nitrogen and oxygen atoms in total. The number of hydrogen-bond donors (Lipinski definition) is 2. The Labute approximate surface area is 114 Å². The van der Waals surface area contributed by atoms with E-state index in [9.17, 15) is 9.18 Å². The molecule has 3 N–H and O–H groups in total. The standard InChI is InChI=1S/C15H23FN2O/c1-3-5-7-12(6-4-2)18-15(19)13-10-11(16)8-9-14(13)17/h8-10,12H,3-7,17H2,1-2H3,(H,18,19). The number of benzene rings is 1. The van der Waals surface area contributed by atoms with Crippen LogP contribution in [0.4, 0.5) is 10.1 Å². The number of nitrogen functional groups attached to an aromatic ring is 1. The highest BCUT2D eigenvalue weighted by Gasteiger charge is 2.15. The summed E-state index contributed by atoms with van der Waals surface area (Å²) < 4.78 is 13.2. The molecule has 0 aliphatic rings. The number of anilines is 1. The lowest BCUT2D eigenvalue weighted by molar-refractivity contribution is 0.0932. The van der Waals surface area contributed by atoms with Crippen molar-refractivity contribution in [3.05, 3.63) is 29.6 Å². The van der Waals surface area contributed by atoms with Crippen LogP contribution in [0.5, 0.6) is 0 Å². The first-order valence-electron chi connectivity index (χ1n) is 6.94. The monoisotopic (exact) mass is 266 g/mol. The summed E-state index contributed by atoms with van der Waals surface area (Å²) >= 11 is 0. The Balaban J connectivity index is 2.72. The molecule has 19 heavy (non-hydrogen) atoms. The third kappa shape index (κ3) is 4.89. The Hall–Kier alpha value is -1.58. The molecule has 0 aliphatic heterocycles. The Morgan fingerprint density at radius 2 is 2.05 bits per heavy atom. The van der Waals surface area contributed by atoms with E-state index in [1.807, 2.05) is 0 Å². The molecule has 0 heterocycles. The van der Waals surface area contributed by atoms with E-state index in [2.05, 4.69) is 19.2 Å². The molecule has 0 radical (unpaired) electrons. The first-order chi connectivity index (χ1) is 9.08. The van der Waals surface area contributed by atoms with Crippen LogP contribution in [0.25, 0.3) is 0 Å². The van der Waals surface area contributed by atoms with E-state index in [1.54, 1.807) is 0 Å². The van der Waals surface area contributed by atoms with Gasteiger partial charge in [0.2, 0.25) is 0 Å². The molecule has 106 valence electrons. The van der Waals surface area contributed by atoms with Gasteiger partial charge in [0.1, 0.15) is 5.82 Å². The van der Waals surface area contributed by atoms with Gasteiger partial charge in [-0.2, -0.15) is 0 Å². The highest BCUT2D eigenvalue weighted by Crippen LogP contribution is 2.15. The average molecular weight is 266 g/mol. The van der Waals surface area contributed by atoms with Crippen molar-refractivity contribution in [1.82, 2.24) is 5.32 Å². The maximum Gasteiger partial charge on any atom is 0.253 e. The number of carbonyl (C=O) groups excluding carboxylic acids is 1. The summed E-state index contributed by atoms with van der Waals surface area (Å²) in [7, 11) is 0. The van der Waals surface area contributed by atoms with Gasteiger partial charge in [-0.15, -0.1) is 0 Å². The Bertz CT molecular complexity index is 421. The third-order valence-electron chi connectivity index (χ3n) is 3.14. The fourth-order valence-corrected chi connectivity index (χ4v) is 2.08. The summed E-state index contributed by atoms with van der Waals surface area (Å²) in [5, 5.41) is 2.95. The van der Waals surface area contributed by atoms with Gasteiger partial charge in [0.15, 0.2) is 0 Å². The van der Waals surface area contributed by atoms with Crippen LogP contribution < -0.4 is 11.1 Å². The van der Waals surface area contributed by atoms with Crippen LogP contribution in [0.3, 0.4) is 0 Å². The number of nitrogens with one attached hydrogen (secondary N) is 1. The van der Waals surface area contributed by atoms with Crippen molar-refractivity contribution in [2.45, 2.75) is 52.0 Å². The molecule has 0 saturated carbocycles. The lowest BCUT2D eigenvalue weighted by atomic mass is 10.0. The van der Waals surface area contributed by atoms with E-state index in [0.717, 1.165) is 32.1 Å². The minimum atomic E-state index is -0.444. The van der Waals surface area contributed by atoms with Crippen molar-refractivity contribution in [2.24, 2.45) is 0 Å². The van der Waals surface area contributed by atoms with Gasteiger partial charge in [0.25, 0.3) is 5.91 Å². The van der Waals surface area contributed by atoms with E-state index in [4.69, 9.17) is 5.73 Å². The number of nitrogens with two attached hydrogens (primary N) is 1. The van der Waals surface area contributed by atoms with Crippen molar-refractivity contribution in [3.63, 3.8) is 0 Å². The lowest BCUT2D eigenvalue weighted by Gasteiger charge is -2.18. The van der Waals surface area contributed by atoms with Gasteiger partial charge in [-0.25, -0.2) is 4.39 Å². The molecule has 0 fully saturated rings. The Morgan fingerprint density at radius 1 is 1.32 bits per heavy atom. The molecular weight excluding hydrogens is 243 g/mol. The van der Waals surface area contributed by atoms with Gasteiger partial charge in [-0.1, -0.05) is 33.1 Å². The van der Waals surface area contributed by atoms with E-state index in [0.29, 0.717) is 5.69 Å². The topological polar surface area (TPSA) is 55.1 Å². The van der Waals surface area contributed by atoms with Gasteiger partial charge in [-0.05, 0) is 31.0 Å². The first kappa shape index (κ1) is 15.5. The fourth-order valence-electron chi connectivity index (χ4n) is 2.08. The maximum absolute atomic E-state index is 13.2. The summed E-state index contributed by atoms with van der Waals surface area (Å²) in [5.41, 5.74) is 6.24. The summed E-state index contributed by atoms with van der Waals surface area (Å²) in [6.07, 6.45) is 5.06. The predicted molar refractivity (Wildman–Crippen MR) is 76.5 cm³/mol. The van der Waals surface area contributed by atoms with Crippen LogP contribution in [-0.4, -0.2) is 11.9 Å². The Morgan fingerprint density at radius 3 is 2.68 bits per heavy atom. The third-order valence-corrected chi connectivity index (χ3v) is 3.14. The molecule has 0 bridgehead atoms. The van der Waals surface area contributed by atoms with Crippen molar-refractivity contribution in [1.29, 1.82) is 0 Å². The van der Waals surface area contributed by atoms with Gasteiger partial charge < -0.3 is 11.1 Å². The SMILES string of the molecule is CCCCC(CCC)NC(=O)c1cc(F)ccc1N. The molecular formula is C15H23FN2O. The maximum atomic E-state index is 13.2. The lowest BCUT2D eigenvalue weighted by Crippen LogP contribution is -2.35. The average Bonchev–Trinajstić information content (AvgIpc) is 2.39. The van der Waals surface area contributed by atoms with Gasteiger partial charge >= 0.3 is 0 Å². The molecule has 4 heteroatoms. The zero-order valence-corrected chi connectivity index (χ0v) is 11.7. The molecule has 1 unspecified atom stereocenters. The van der Waals surface area contributed by atoms with E-state index in [-0.39, 0.29) is 17.5 Å². The summed E-state index contributed by atoms with van der Waals surface area (Å²) in [6, 6.07) is 4.01.